The SMILES string of the molecule is N#C[C@@H]1CCCN1C(=O)CNCCC(=O)NCCCc1ccccc1. The van der Waals surface area contributed by atoms with Crippen LogP contribution in [0.2, 0.25) is 0 Å². The molecule has 1 atom stereocenters. The monoisotopic (exact) mass is 342 g/mol. The van der Waals surface area contributed by atoms with Gasteiger partial charge in [0.25, 0.3) is 0 Å². The number of nitriles is 1. The Hall–Kier alpha value is -2.39. The molecule has 0 unspecified atom stereocenters. The van der Waals surface area contributed by atoms with Gasteiger partial charge in [0.2, 0.25) is 11.8 Å². The van der Waals surface area contributed by atoms with Crippen LogP contribution in [0.25, 0.3) is 0 Å². The van der Waals surface area contributed by atoms with E-state index in [4.69, 9.17) is 5.26 Å². The van der Waals surface area contributed by atoms with E-state index in [1.54, 1.807) is 4.90 Å². The van der Waals surface area contributed by atoms with Crippen LogP contribution in [0.4, 0.5) is 0 Å². The molecular weight excluding hydrogens is 316 g/mol. The highest BCUT2D eigenvalue weighted by atomic mass is 16.2. The predicted molar refractivity (Wildman–Crippen MR) is 95.6 cm³/mol. The van der Waals surface area contributed by atoms with E-state index in [1.165, 1.54) is 5.56 Å². The molecule has 2 rings (SSSR count). The van der Waals surface area contributed by atoms with Gasteiger partial charge in [0.1, 0.15) is 6.04 Å². The maximum Gasteiger partial charge on any atom is 0.237 e. The van der Waals surface area contributed by atoms with Crippen molar-refractivity contribution in [2.45, 2.75) is 38.1 Å². The van der Waals surface area contributed by atoms with Gasteiger partial charge >= 0.3 is 0 Å². The first-order chi connectivity index (χ1) is 12.2. The minimum atomic E-state index is -0.290. The lowest BCUT2D eigenvalue weighted by atomic mass is 10.1. The van der Waals surface area contributed by atoms with Gasteiger partial charge in [-0.25, -0.2) is 0 Å². The summed E-state index contributed by atoms with van der Waals surface area (Å²) < 4.78 is 0. The van der Waals surface area contributed by atoms with E-state index in [-0.39, 0.29) is 24.4 Å². The second-order valence-corrected chi connectivity index (χ2v) is 6.24. The standard InChI is InChI=1S/C19H26N4O2/c20-14-17-9-5-13-23(17)19(25)15-21-12-10-18(24)22-11-4-8-16-6-2-1-3-7-16/h1-3,6-7,17,21H,4-5,8-13,15H2,(H,22,24)/t17-/m0/s1. The Labute approximate surface area is 149 Å². The zero-order valence-corrected chi connectivity index (χ0v) is 14.5. The summed E-state index contributed by atoms with van der Waals surface area (Å²) in [6, 6.07) is 12.1. The van der Waals surface area contributed by atoms with Crippen LogP contribution >= 0.6 is 0 Å². The van der Waals surface area contributed by atoms with Gasteiger partial charge in [0.15, 0.2) is 0 Å². The quantitative estimate of drug-likeness (QED) is 0.661. The summed E-state index contributed by atoms with van der Waals surface area (Å²) in [6.07, 6.45) is 3.85. The van der Waals surface area contributed by atoms with Crippen LogP contribution in [0.15, 0.2) is 30.3 Å². The van der Waals surface area contributed by atoms with Crippen molar-refractivity contribution in [3.8, 4) is 6.07 Å². The molecule has 1 saturated heterocycles. The third-order valence-corrected chi connectivity index (χ3v) is 4.33. The topological polar surface area (TPSA) is 85.2 Å². The van der Waals surface area contributed by atoms with Gasteiger partial charge < -0.3 is 15.5 Å². The Bertz CT molecular complexity index is 597. The first-order valence-corrected chi connectivity index (χ1v) is 8.91. The fourth-order valence-corrected chi connectivity index (χ4v) is 2.95. The molecule has 1 aliphatic rings. The number of rotatable bonds is 9. The number of benzene rings is 1. The average molecular weight is 342 g/mol. The molecule has 0 saturated carbocycles. The third kappa shape index (κ3) is 6.55. The molecule has 2 amide bonds. The highest BCUT2D eigenvalue weighted by Crippen LogP contribution is 2.15. The molecule has 1 heterocycles. The zero-order chi connectivity index (χ0) is 17.9. The van der Waals surface area contributed by atoms with Gasteiger partial charge in [-0.15, -0.1) is 0 Å². The van der Waals surface area contributed by atoms with Crippen molar-refractivity contribution >= 4 is 11.8 Å². The molecule has 0 aliphatic carbocycles. The highest BCUT2D eigenvalue weighted by molar-refractivity contribution is 5.79. The maximum absolute atomic E-state index is 12.0. The minimum absolute atomic E-state index is 0.0101. The number of nitrogens with one attached hydrogen (secondary N) is 2. The summed E-state index contributed by atoms with van der Waals surface area (Å²) in [5.74, 6) is -0.0728. The van der Waals surface area contributed by atoms with Crippen molar-refractivity contribution in [1.29, 1.82) is 5.26 Å². The molecule has 25 heavy (non-hydrogen) atoms. The van der Waals surface area contributed by atoms with Crippen LogP contribution in [0, 0.1) is 11.3 Å². The fraction of sp³-hybridized carbons (Fsp3) is 0.526. The lowest BCUT2D eigenvalue weighted by molar-refractivity contribution is -0.130. The number of hydrogen-bond acceptors (Lipinski definition) is 4. The number of amides is 2. The van der Waals surface area contributed by atoms with E-state index in [9.17, 15) is 9.59 Å². The van der Waals surface area contributed by atoms with Crippen LogP contribution in [0.3, 0.4) is 0 Å². The normalized spacial score (nSPS) is 16.4. The second kappa shape index (κ2) is 10.5. The molecular formula is C19H26N4O2. The molecule has 6 nitrogen and oxygen atoms in total. The van der Waals surface area contributed by atoms with Crippen LogP contribution < -0.4 is 10.6 Å². The number of carbonyl (C=O) groups excluding carboxylic acids is 2. The highest BCUT2D eigenvalue weighted by Gasteiger charge is 2.27. The number of carbonyl (C=O) groups is 2. The van der Waals surface area contributed by atoms with E-state index in [1.807, 2.05) is 18.2 Å². The predicted octanol–water partition coefficient (Wildman–Crippen LogP) is 1.23. The summed E-state index contributed by atoms with van der Waals surface area (Å²) in [7, 11) is 0. The number of likely N-dealkylation sites (tertiary alicyclic amines) is 1. The number of hydrogen-bond donors (Lipinski definition) is 2. The van der Waals surface area contributed by atoms with Crippen molar-refractivity contribution in [1.82, 2.24) is 15.5 Å². The van der Waals surface area contributed by atoms with Crippen LogP contribution in [-0.4, -0.2) is 48.9 Å². The van der Waals surface area contributed by atoms with Gasteiger partial charge in [-0.1, -0.05) is 30.3 Å². The molecule has 0 radical (unpaired) electrons. The van der Waals surface area contributed by atoms with Crippen LogP contribution in [-0.2, 0) is 16.0 Å². The molecule has 1 aliphatic heterocycles. The van der Waals surface area contributed by atoms with Crippen molar-refractivity contribution in [3.05, 3.63) is 35.9 Å². The van der Waals surface area contributed by atoms with Gasteiger partial charge in [-0.2, -0.15) is 5.26 Å². The summed E-state index contributed by atoms with van der Waals surface area (Å²) in [5.41, 5.74) is 1.27. The Kier molecular flexibility index (Phi) is 7.93. The van der Waals surface area contributed by atoms with E-state index in [2.05, 4.69) is 28.8 Å². The Morgan fingerprint density at radius 1 is 1.24 bits per heavy atom. The van der Waals surface area contributed by atoms with Crippen LogP contribution in [0.5, 0.6) is 0 Å². The van der Waals surface area contributed by atoms with Crippen molar-refractivity contribution in [2.24, 2.45) is 0 Å². The molecule has 0 aromatic heterocycles. The zero-order valence-electron chi connectivity index (χ0n) is 14.5. The summed E-state index contributed by atoms with van der Waals surface area (Å²) in [5, 5.41) is 14.9. The number of nitrogens with zero attached hydrogens (tertiary/aromatic N) is 2. The van der Waals surface area contributed by atoms with Crippen molar-refractivity contribution < 1.29 is 9.59 Å². The Morgan fingerprint density at radius 2 is 2.04 bits per heavy atom. The van der Waals surface area contributed by atoms with Gasteiger partial charge in [-0.3, -0.25) is 9.59 Å². The van der Waals surface area contributed by atoms with E-state index < -0.39 is 0 Å². The first kappa shape index (κ1) is 18.9. The van der Waals surface area contributed by atoms with E-state index >= 15 is 0 Å². The maximum atomic E-state index is 12.0. The number of aryl methyl sites for hydroxylation is 1. The largest absolute Gasteiger partial charge is 0.356 e. The second-order valence-electron chi connectivity index (χ2n) is 6.24. The van der Waals surface area contributed by atoms with Crippen LogP contribution in [0.1, 0.15) is 31.2 Å². The minimum Gasteiger partial charge on any atom is -0.356 e. The van der Waals surface area contributed by atoms with Crippen molar-refractivity contribution in [2.75, 3.05) is 26.2 Å². The van der Waals surface area contributed by atoms with E-state index in [0.717, 1.165) is 25.7 Å². The first-order valence-electron chi connectivity index (χ1n) is 8.91. The molecule has 2 N–H and O–H groups in total. The van der Waals surface area contributed by atoms with E-state index in [0.29, 0.717) is 26.1 Å². The molecule has 134 valence electrons. The Morgan fingerprint density at radius 3 is 2.80 bits per heavy atom. The molecule has 0 bridgehead atoms. The molecule has 1 aromatic carbocycles. The Balaban J connectivity index is 1.51. The fourth-order valence-electron chi connectivity index (χ4n) is 2.95. The summed E-state index contributed by atoms with van der Waals surface area (Å²) in [6.45, 7) is 1.95. The average Bonchev–Trinajstić information content (AvgIpc) is 3.12. The van der Waals surface area contributed by atoms with Gasteiger partial charge in [0.05, 0.1) is 12.6 Å². The summed E-state index contributed by atoms with van der Waals surface area (Å²) >= 11 is 0. The van der Waals surface area contributed by atoms with Gasteiger partial charge in [0, 0.05) is 26.1 Å². The smallest absolute Gasteiger partial charge is 0.237 e. The molecule has 1 fully saturated rings. The molecule has 1 aromatic rings. The molecule has 6 heteroatoms. The molecule has 0 spiro atoms. The lowest BCUT2D eigenvalue weighted by Crippen LogP contribution is -2.41. The summed E-state index contributed by atoms with van der Waals surface area (Å²) in [4.78, 5) is 25.4. The van der Waals surface area contributed by atoms with Gasteiger partial charge in [-0.05, 0) is 31.2 Å². The lowest BCUT2D eigenvalue weighted by Gasteiger charge is -2.19. The van der Waals surface area contributed by atoms with Crippen molar-refractivity contribution in [3.63, 3.8) is 0 Å². The third-order valence-electron chi connectivity index (χ3n) is 4.33.